The van der Waals surface area contributed by atoms with Gasteiger partial charge >= 0.3 is 59.1 Å². The normalized spacial score (nSPS) is 11.4. The molecule has 0 spiro atoms. The Morgan fingerprint density at radius 1 is 0.903 bits per heavy atom. The van der Waals surface area contributed by atoms with Crippen molar-refractivity contribution in [2.24, 2.45) is 0 Å². The Hall–Kier alpha value is 1.39. The van der Waals surface area contributed by atoms with Gasteiger partial charge in [0.1, 0.15) is 11.5 Å². The number of rotatable bonds is 2. The van der Waals surface area contributed by atoms with Crippen molar-refractivity contribution in [3.8, 4) is 17.2 Å². The number of carboxylic acids is 1. The Kier molecular flexibility index (Phi) is 10.5. The van der Waals surface area contributed by atoms with Crippen molar-refractivity contribution in [1.82, 2.24) is 0 Å². The molecule has 10 heteroatoms. The van der Waals surface area contributed by atoms with E-state index < -0.39 is 5.97 Å². The number of hydrogen-bond donors (Lipinski definition) is 0. The van der Waals surface area contributed by atoms with E-state index in [0.29, 0.717) is 35.3 Å². The SMILES string of the molecule is C=c1c(I)cc2c(c1I)Oc1c(cc(I)c([O-])c1I)C=2c1ccccc1C(=O)[O-].[Na+].[Na+]. The first kappa shape index (κ1) is 28.6. The van der Waals surface area contributed by atoms with Crippen LogP contribution in [0.5, 0.6) is 17.2 Å². The molecule has 31 heavy (non-hydrogen) atoms. The van der Waals surface area contributed by atoms with Gasteiger partial charge in [-0.25, -0.2) is 0 Å². The molecule has 4 nitrogen and oxygen atoms in total. The van der Waals surface area contributed by atoms with Crippen LogP contribution in [0.25, 0.3) is 12.2 Å². The minimum absolute atomic E-state index is 0. The molecule has 0 saturated heterocycles. The van der Waals surface area contributed by atoms with E-state index in [2.05, 4.69) is 51.8 Å². The Morgan fingerprint density at radius 3 is 2.19 bits per heavy atom. The number of carboxylic acid groups (broad SMARTS) is 1. The summed E-state index contributed by atoms with van der Waals surface area (Å²) in [5.74, 6) is -0.364. The van der Waals surface area contributed by atoms with E-state index in [-0.39, 0.29) is 70.4 Å². The molecule has 0 saturated carbocycles. The Bertz CT molecular complexity index is 1340. The largest absolute Gasteiger partial charge is 1.00 e. The zero-order valence-corrected chi connectivity index (χ0v) is 28.9. The van der Waals surface area contributed by atoms with Gasteiger partial charge < -0.3 is 19.7 Å². The summed E-state index contributed by atoms with van der Waals surface area (Å²) in [6, 6.07) is 10.4. The number of ether oxygens (including phenoxy) is 1. The van der Waals surface area contributed by atoms with Crippen LogP contribution in [0, 0.1) is 14.3 Å². The van der Waals surface area contributed by atoms with Gasteiger partial charge in [0.25, 0.3) is 0 Å². The fraction of sp³-hybridized carbons (Fsp3) is 0. The first-order valence-electron chi connectivity index (χ1n) is 8.11. The average Bonchev–Trinajstić information content (AvgIpc) is 2.69. The maximum atomic E-state index is 12.6. The number of carbonyl (C=O) groups excluding carboxylic acids is 1. The Balaban J connectivity index is 0.00000171. The van der Waals surface area contributed by atoms with Gasteiger partial charge in [0.2, 0.25) is 0 Å². The molecule has 0 bridgehead atoms. The minimum Gasteiger partial charge on any atom is -0.871 e. The Morgan fingerprint density at radius 2 is 1.55 bits per heavy atom. The van der Waals surface area contributed by atoms with Crippen LogP contribution in [0.4, 0.5) is 0 Å². The second-order valence-electron chi connectivity index (χ2n) is 6.22. The molecule has 3 aromatic rings. The van der Waals surface area contributed by atoms with Gasteiger partial charge in [-0.15, -0.1) is 0 Å². The predicted octanol–water partition coefficient (Wildman–Crippen LogP) is -2.69. The van der Waals surface area contributed by atoms with Crippen molar-refractivity contribution in [2.45, 2.75) is 0 Å². The maximum absolute atomic E-state index is 12.6. The van der Waals surface area contributed by atoms with E-state index in [0.717, 1.165) is 17.6 Å². The zero-order chi connectivity index (χ0) is 21.0. The molecule has 1 aliphatic rings. The predicted molar refractivity (Wildman–Crippen MR) is 140 cm³/mol. The molecule has 0 amide bonds. The average molecular weight is 878 g/mol. The molecule has 1 aliphatic heterocycles. The smallest absolute Gasteiger partial charge is 0.871 e. The third-order valence-electron chi connectivity index (χ3n) is 4.56. The van der Waals surface area contributed by atoms with Crippen molar-refractivity contribution >= 4 is 108 Å². The third-order valence-corrected chi connectivity index (χ3v) is 8.44. The van der Waals surface area contributed by atoms with Crippen LogP contribution in [0.2, 0.25) is 0 Å². The summed E-state index contributed by atoms with van der Waals surface area (Å²) >= 11 is 8.37. The van der Waals surface area contributed by atoms with Crippen molar-refractivity contribution in [1.29, 1.82) is 0 Å². The fourth-order valence-corrected chi connectivity index (χ4v) is 6.79. The number of halogens is 4. The summed E-state index contributed by atoms with van der Waals surface area (Å²) in [6.45, 7) is 4.11. The third kappa shape index (κ3) is 5.17. The molecule has 4 rings (SSSR count). The number of carbonyl (C=O) groups is 1. The van der Waals surface area contributed by atoms with E-state index in [1.807, 2.05) is 51.2 Å². The summed E-state index contributed by atoms with van der Waals surface area (Å²) in [6.07, 6.45) is 0. The van der Waals surface area contributed by atoms with Crippen LogP contribution in [-0.2, 0) is 0 Å². The zero-order valence-electron chi connectivity index (χ0n) is 16.3. The number of benzene rings is 3. The molecule has 3 aromatic carbocycles. The number of aromatic carboxylic acids is 1. The van der Waals surface area contributed by atoms with Gasteiger partial charge in [0, 0.05) is 32.6 Å². The fourth-order valence-electron chi connectivity index (χ4n) is 3.21. The molecule has 0 N–H and O–H groups in total. The van der Waals surface area contributed by atoms with Gasteiger partial charge in [-0.1, -0.05) is 36.6 Å². The summed E-state index contributed by atoms with van der Waals surface area (Å²) in [4.78, 5) is 11.8. The van der Waals surface area contributed by atoms with Gasteiger partial charge in [0.05, 0.1) is 9.54 Å². The standard InChI is InChI=1S/C21H10I4O4.2Na/c1-8-13(22)6-11-15(9-4-2-3-5-10(9)21(27)28)12-7-14(23)18(26)17(25)20(12)29-19(11)16(8)24;;/h2-7,26H,1H2,(H,27,28);;/q;2*+1/p-2. The molecule has 0 fully saturated rings. The van der Waals surface area contributed by atoms with E-state index in [1.165, 1.54) is 6.07 Å². The van der Waals surface area contributed by atoms with E-state index in [4.69, 9.17) is 4.74 Å². The van der Waals surface area contributed by atoms with Crippen LogP contribution >= 0.6 is 90.4 Å². The van der Waals surface area contributed by atoms with E-state index >= 15 is 0 Å². The minimum atomic E-state index is -1.26. The molecular weight excluding hydrogens is 870 g/mol. The Labute approximate surface area is 277 Å². The first-order chi connectivity index (χ1) is 13.7. The second kappa shape index (κ2) is 11.4. The molecule has 0 radical (unpaired) electrons. The van der Waals surface area contributed by atoms with Crippen LogP contribution in [0.1, 0.15) is 21.5 Å². The van der Waals surface area contributed by atoms with Crippen LogP contribution in [0.3, 0.4) is 0 Å². The summed E-state index contributed by atoms with van der Waals surface area (Å²) < 4.78 is 8.97. The van der Waals surface area contributed by atoms with Gasteiger partial charge in [0.15, 0.2) is 0 Å². The number of fused-ring (bicyclic) bond motifs is 2. The summed E-state index contributed by atoms with van der Waals surface area (Å²) in [7, 11) is 0. The molecule has 0 aromatic heterocycles. The first-order valence-corrected chi connectivity index (χ1v) is 12.4. The van der Waals surface area contributed by atoms with Crippen LogP contribution in [0.15, 0.2) is 36.4 Å². The molecule has 0 atom stereocenters. The van der Waals surface area contributed by atoms with Crippen molar-refractivity contribution in [2.75, 3.05) is 0 Å². The maximum Gasteiger partial charge on any atom is 1.00 e. The van der Waals surface area contributed by atoms with Gasteiger partial charge in [-0.3, -0.25) is 0 Å². The molecule has 0 unspecified atom stereocenters. The quantitative estimate of drug-likeness (QED) is 0.163. The van der Waals surface area contributed by atoms with Crippen LogP contribution < -0.4 is 84.5 Å². The monoisotopic (exact) mass is 878 g/mol. The molecule has 1 heterocycles. The van der Waals surface area contributed by atoms with Gasteiger partial charge in [-0.05, 0) is 113 Å². The van der Waals surface area contributed by atoms with E-state index in [1.54, 1.807) is 24.3 Å². The molecule has 146 valence electrons. The summed E-state index contributed by atoms with van der Waals surface area (Å²) in [5, 5.41) is 26.0. The van der Waals surface area contributed by atoms with E-state index in [9.17, 15) is 15.0 Å². The topological polar surface area (TPSA) is 72.4 Å². The number of hydrogen-bond acceptors (Lipinski definition) is 4. The van der Waals surface area contributed by atoms with Crippen molar-refractivity contribution in [3.63, 3.8) is 0 Å². The second-order valence-corrected chi connectivity index (χ2v) is 10.7. The van der Waals surface area contributed by atoms with Crippen molar-refractivity contribution < 1.29 is 78.9 Å². The summed E-state index contributed by atoms with van der Waals surface area (Å²) in [5.41, 5.74) is 1.99. The van der Waals surface area contributed by atoms with Gasteiger partial charge in [-0.2, -0.15) is 0 Å². The van der Waals surface area contributed by atoms with Crippen molar-refractivity contribution in [3.05, 3.63) is 77.8 Å². The molecule has 0 aliphatic carbocycles. The molecular formula is C21H8I4Na2O4. The van der Waals surface area contributed by atoms with Crippen LogP contribution in [-0.4, -0.2) is 5.97 Å².